The number of amides is 1. The minimum atomic E-state index is -0.569. The molecule has 29 heavy (non-hydrogen) atoms. The number of rotatable bonds is 8. The second-order valence-electron chi connectivity index (χ2n) is 6.12. The summed E-state index contributed by atoms with van der Waals surface area (Å²) in [5, 5.41) is 22.2. The van der Waals surface area contributed by atoms with E-state index in [-0.39, 0.29) is 17.3 Å². The summed E-state index contributed by atoms with van der Waals surface area (Å²) in [5.74, 6) is 0.949. The number of aryl methyl sites for hydroxylation is 1. The minimum absolute atomic E-state index is 0.150. The largest absolute Gasteiger partial charge is 0.469 e. The third-order valence-corrected chi connectivity index (χ3v) is 5.22. The summed E-state index contributed by atoms with van der Waals surface area (Å²) in [7, 11) is 0. The number of nitro groups is 1. The fourth-order valence-electron chi connectivity index (χ4n) is 2.67. The molecular weight excluding hydrogens is 394 g/mol. The van der Waals surface area contributed by atoms with Crippen molar-refractivity contribution in [3.63, 3.8) is 0 Å². The van der Waals surface area contributed by atoms with Crippen molar-refractivity contribution in [3.8, 4) is 11.4 Å². The lowest BCUT2D eigenvalue weighted by Crippen LogP contribution is -2.23. The van der Waals surface area contributed by atoms with Crippen LogP contribution in [0.15, 0.2) is 58.8 Å². The Morgan fingerprint density at radius 3 is 2.83 bits per heavy atom. The first-order chi connectivity index (χ1) is 13.9. The highest BCUT2D eigenvalue weighted by Gasteiger charge is 2.23. The zero-order chi connectivity index (χ0) is 21.0. The van der Waals surface area contributed by atoms with Crippen LogP contribution in [0, 0.1) is 17.0 Å². The Morgan fingerprint density at radius 1 is 1.41 bits per heavy atom. The number of nitro benzene ring substituents is 1. The fraction of sp³-hybridized carbons (Fsp3) is 0.211. The lowest BCUT2D eigenvalue weighted by Gasteiger charge is -2.13. The van der Waals surface area contributed by atoms with E-state index in [4.69, 9.17) is 4.42 Å². The quantitative estimate of drug-likeness (QED) is 0.256. The van der Waals surface area contributed by atoms with Gasteiger partial charge in [-0.3, -0.25) is 19.5 Å². The molecule has 1 N–H and O–H groups in total. The number of aromatic nitrogens is 3. The van der Waals surface area contributed by atoms with Crippen molar-refractivity contribution in [1.29, 1.82) is 0 Å². The number of nitrogens with one attached hydrogen (secondary N) is 1. The van der Waals surface area contributed by atoms with E-state index in [0.717, 1.165) is 5.56 Å². The smallest absolute Gasteiger partial charge is 0.292 e. The molecule has 0 saturated carbocycles. The van der Waals surface area contributed by atoms with Crippen LogP contribution in [0.3, 0.4) is 0 Å². The Morgan fingerprint density at radius 2 is 2.17 bits per heavy atom. The van der Waals surface area contributed by atoms with Gasteiger partial charge in [-0.05, 0) is 26.0 Å². The van der Waals surface area contributed by atoms with E-state index in [0.29, 0.717) is 23.3 Å². The molecule has 9 nitrogen and oxygen atoms in total. The van der Waals surface area contributed by atoms with Crippen LogP contribution in [0.25, 0.3) is 11.4 Å². The van der Waals surface area contributed by atoms with Crippen molar-refractivity contribution in [2.45, 2.75) is 30.8 Å². The zero-order valence-electron chi connectivity index (χ0n) is 15.9. The lowest BCUT2D eigenvalue weighted by molar-refractivity contribution is -0.383. The molecule has 0 spiro atoms. The van der Waals surface area contributed by atoms with E-state index in [1.165, 1.54) is 23.9 Å². The van der Waals surface area contributed by atoms with Crippen molar-refractivity contribution in [2.24, 2.45) is 0 Å². The van der Waals surface area contributed by atoms with Crippen molar-refractivity contribution in [1.82, 2.24) is 14.8 Å². The van der Waals surface area contributed by atoms with Gasteiger partial charge in [-0.2, -0.15) is 0 Å². The number of hydrogen-bond acceptors (Lipinski definition) is 7. The summed E-state index contributed by atoms with van der Waals surface area (Å²) < 4.78 is 7.18. The van der Waals surface area contributed by atoms with Crippen LogP contribution in [-0.4, -0.2) is 30.8 Å². The molecule has 150 valence electrons. The molecule has 0 saturated heterocycles. The molecule has 0 unspecified atom stereocenters. The van der Waals surface area contributed by atoms with Crippen LogP contribution in [-0.2, 0) is 11.3 Å². The summed E-state index contributed by atoms with van der Waals surface area (Å²) in [6.07, 6.45) is 3.29. The van der Waals surface area contributed by atoms with Gasteiger partial charge in [-0.1, -0.05) is 30.0 Å². The molecule has 0 aliphatic carbocycles. The number of carbonyl (C=O) groups excluding carboxylic acids is 1. The molecule has 2 heterocycles. The average Bonchev–Trinajstić information content (AvgIpc) is 3.28. The van der Waals surface area contributed by atoms with E-state index in [1.807, 2.05) is 11.5 Å². The number of benzene rings is 1. The minimum Gasteiger partial charge on any atom is -0.469 e. The highest BCUT2D eigenvalue weighted by atomic mass is 32.2. The fourth-order valence-corrected chi connectivity index (χ4v) is 3.53. The Balaban J connectivity index is 1.80. The maximum atomic E-state index is 12.6. The second kappa shape index (κ2) is 8.74. The van der Waals surface area contributed by atoms with Gasteiger partial charge in [0.15, 0.2) is 11.0 Å². The van der Waals surface area contributed by atoms with Crippen LogP contribution in [0.2, 0.25) is 0 Å². The summed E-state index contributed by atoms with van der Waals surface area (Å²) >= 11 is 1.20. The topological polar surface area (TPSA) is 116 Å². The van der Waals surface area contributed by atoms with Gasteiger partial charge in [0.2, 0.25) is 5.91 Å². The lowest BCUT2D eigenvalue weighted by atomic mass is 10.2. The predicted molar refractivity (Wildman–Crippen MR) is 110 cm³/mol. The number of hydrogen-bond donors (Lipinski definition) is 1. The van der Waals surface area contributed by atoms with E-state index >= 15 is 0 Å². The number of anilines is 1. The number of para-hydroxylation sites is 2. The van der Waals surface area contributed by atoms with E-state index < -0.39 is 10.2 Å². The van der Waals surface area contributed by atoms with Gasteiger partial charge in [0.25, 0.3) is 5.69 Å². The molecule has 10 heteroatoms. The van der Waals surface area contributed by atoms with Gasteiger partial charge in [0, 0.05) is 12.6 Å². The summed E-state index contributed by atoms with van der Waals surface area (Å²) in [4.78, 5) is 23.2. The van der Waals surface area contributed by atoms with Gasteiger partial charge in [-0.25, -0.2) is 0 Å². The Hall–Kier alpha value is -3.40. The molecule has 0 radical (unpaired) electrons. The monoisotopic (exact) mass is 413 g/mol. The van der Waals surface area contributed by atoms with Crippen LogP contribution in [0.4, 0.5) is 11.4 Å². The summed E-state index contributed by atoms with van der Waals surface area (Å²) in [6, 6.07) is 7.81. The molecule has 0 fully saturated rings. The third kappa shape index (κ3) is 4.37. The molecule has 1 atom stereocenters. The van der Waals surface area contributed by atoms with Crippen LogP contribution < -0.4 is 5.32 Å². The van der Waals surface area contributed by atoms with Crippen LogP contribution >= 0.6 is 11.8 Å². The van der Waals surface area contributed by atoms with Crippen molar-refractivity contribution >= 4 is 29.0 Å². The molecule has 0 bridgehead atoms. The standard InChI is InChI=1S/C19H19N5O4S/c1-4-10-23-17(14-9-11-28-12(14)2)21-22-19(23)29-13(3)18(25)20-15-7-5-6-8-16(15)24(26)27/h4-9,11,13H,1,10H2,2-3H3,(H,20,25)/t13-/m1/s1. The zero-order valence-corrected chi connectivity index (χ0v) is 16.7. The number of nitrogens with zero attached hydrogens (tertiary/aromatic N) is 4. The van der Waals surface area contributed by atoms with Crippen LogP contribution in [0.5, 0.6) is 0 Å². The number of carbonyl (C=O) groups is 1. The molecule has 2 aromatic heterocycles. The normalized spacial score (nSPS) is 11.8. The Labute approximate surface area is 171 Å². The number of thioether (sulfide) groups is 1. The number of allylic oxidation sites excluding steroid dienone is 1. The highest BCUT2D eigenvalue weighted by molar-refractivity contribution is 8.00. The Kier molecular flexibility index (Phi) is 6.13. The van der Waals surface area contributed by atoms with Crippen molar-refractivity contribution in [2.75, 3.05) is 5.32 Å². The third-order valence-electron chi connectivity index (χ3n) is 4.14. The van der Waals surface area contributed by atoms with Crippen molar-refractivity contribution < 1.29 is 14.1 Å². The first-order valence-corrected chi connectivity index (χ1v) is 9.59. The van der Waals surface area contributed by atoms with Gasteiger partial charge >= 0.3 is 0 Å². The van der Waals surface area contributed by atoms with Gasteiger partial charge in [-0.15, -0.1) is 16.8 Å². The SMILES string of the molecule is C=CCn1c(S[C@H](C)C(=O)Nc2ccccc2[N+](=O)[O-])nnc1-c1ccoc1C. The first-order valence-electron chi connectivity index (χ1n) is 8.72. The summed E-state index contributed by atoms with van der Waals surface area (Å²) in [5.41, 5.74) is 0.797. The molecule has 3 rings (SSSR count). The van der Waals surface area contributed by atoms with Gasteiger partial charge in [0.05, 0.1) is 22.0 Å². The molecule has 0 aliphatic heterocycles. The molecule has 1 amide bonds. The molecular formula is C19H19N5O4S. The maximum absolute atomic E-state index is 12.6. The molecule has 0 aliphatic rings. The van der Waals surface area contributed by atoms with Gasteiger partial charge < -0.3 is 9.73 Å². The summed E-state index contributed by atoms with van der Waals surface area (Å²) in [6.45, 7) is 7.75. The Bertz CT molecular complexity index is 1060. The first kappa shape index (κ1) is 20.3. The van der Waals surface area contributed by atoms with E-state index in [2.05, 4.69) is 22.1 Å². The van der Waals surface area contributed by atoms with Gasteiger partial charge in [0.1, 0.15) is 11.4 Å². The van der Waals surface area contributed by atoms with E-state index in [9.17, 15) is 14.9 Å². The highest BCUT2D eigenvalue weighted by Crippen LogP contribution is 2.30. The number of furan rings is 1. The molecule has 3 aromatic rings. The average molecular weight is 413 g/mol. The van der Waals surface area contributed by atoms with Crippen LogP contribution in [0.1, 0.15) is 12.7 Å². The predicted octanol–water partition coefficient (Wildman–Crippen LogP) is 4.06. The maximum Gasteiger partial charge on any atom is 0.292 e. The van der Waals surface area contributed by atoms with E-state index in [1.54, 1.807) is 37.5 Å². The molecule has 1 aromatic carbocycles. The van der Waals surface area contributed by atoms with Crippen molar-refractivity contribution in [3.05, 3.63) is 65.1 Å². The second-order valence-corrected chi connectivity index (χ2v) is 7.43.